The maximum Gasteiger partial charge on any atom is 0.267 e. The van der Waals surface area contributed by atoms with Crippen molar-refractivity contribution in [3.8, 4) is 11.3 Å². The van der Waals surface area contributed by atoms with Gasteiger partial charge in [0.15, 0.2) is 0 Å². The summed E-state index contributed by atoms with van der Waals surface area (Å²) < 4.78 is 28.9. The number of rotatable bonds is 6. The van der Waals surface area contributed by atoms with Gasteiger partial charge in [0.1, 0.15) is 10.8 Å². The summed E-state index contributed by atoms with van der Waals surface area (Å²) in [7, 11) is -3.53. The highest BCUT2D eigenvalue weighted by Gasteiger charge is 2.27. The van der Waals surface area contributed by atoms with Gasteiger partial charge in [-0.1, -0.05) is 36.4 Å². The molecule has 1 aromatic carbocycles. The number of likely N-dealkylation sites (tertiary alicyclic amines) is 1. The van der Waals surface area contributed by atoms with Crippen LogP contribution in [0.4, 0.5) is 0 Å². The summed E-state index contributed by atoms with van der Waals surface area (Å²) in [5.74, 6) is -0.209. The van der Waals surface area contributed by atoms with E-state index in [-0.39, 0.29) is 28.3 Å². The zero-order chi connectivity index (χ0) is 21.8. The summed E-state index contributed by atoms with van der Waals surface area (Å²) in [6.45, 7) is 0.693. The molecule has 0 atom stereocenters. The monoisotopic (exact) mass is 458 g/mol. The molecule has 1 saturated heterocycles. The van der Waals surface area contributed by atoms with Gasteiger partial charge < -0.3 is 4.90 Å². The van der Waals surface area contributed by atoms with Crippen LogP contribution in [0.25, 0.3) is 11.3 Å². The molecular weight excluding hydrogens is 436 g/mol. The molecule has 0 spiro atoms. The molecule has 0 unspecified atom stereocenters. The predicted molar refractivity (Wildman–Crippen MR) is 118 cm³/mol. The largest absolute Gasteiger partial charge is 0.341 e. The molecule has 3 aromatic rings. The number of nitrogens with zero attached hydrogens (tertiary/aromatic N) is 3. The summed E-state index contributed by atoms with van der Waals surface area (Å²) in [6.07, 6.45) is 1.03. The summed E-state index contributed by atoms with van der Waals surface area (Å²) in [4.78, 5) is 26.6. The Hall–Kier alpha value is -2.82. The Balaban J connectivity index is 1.37. The molecule has 2 aromatic heterocycles. The van der Waals surface area contributed by atoms with E-state index >= 15 is 0 Å². The van der Waals surface area contributed by atoms with Crippen LogP contribution in [0.3, 0.4) is 0 Å². The van der Waals surface area contributed by atoms with E-state index in [1.807, 2.05) is 30.3 Å². The third-order valence-electron chi connectivity index (χ3n) is 5.15. The van der Waals surface area contributed by atoms with Crippen LogP contribution in [-0.2, 0) is 21.4 Å². The standard InChI is InChI=1S/C21H22N4O4S2/c26-19-9-8-18(16-5-2-1-3-6-16)22-25(19)15-20(27)24-12-10-17(11-13-24)23-31(28,29)21-7-4-14-30-21/h1-9,14,17,23H,10-13,15H2. The van der Waals surface area contributed by atoms with Crippen LogP contribution in [0.15, 0.2) is 69.0 Å². The first kappa shape index (κ1) is 21.4. The van der Waals surface area contributed by atoms with E-state index < -0.39 is 10.0 Å². The Morgan fingerprint density at radius 2 is 1.81 bits per heavy atom. The van der Waals surface area contributed by atoms with Crippen molar-refractivity contribution in [3.05, 3.63) is 70.3 Å². The van der Waals surface area contributed by atoms with E-state index in [1.54, 1.807) is 28.5 Å². The maximum absolute atomic E-state index is 12.7. The first-order valence-corrected chi connectivity index (χ1v) is 12.3. The second-order valence-corrected chi connectivity index (χ2v) is 10.2. The first-order chi connectivity index (χ1) is 14.9. The van der Waals surface area contributed by atoms with Gasteiger partial charge in [0.2, 0.25) is 15.9 Å². The van der Waals surface area contributed by atoms with Crippen molar-refractivity contribution in [2.24, 2.45) is 0 Å². The molecule has 1 fully saturated rings. The lowest BCUT2D eigenvalue weighted by Gasteiger charge is -2.32. The lowest BCUT2D eigenvalue weighted by Crippen LogP contribution is -2.47. The van der Waals surface area contributed by atoms with Gasteiger partial charge in [-0.15, -0.1) is 11.3 Å². The number of carbonyl (C=O) groups excluding carboxylic acids is 1. The fourth-order valence-corrected chi connectivity index (χ4v) is 5.81. The number of hydrogen-bond donors (Lipinski definition) is 1. The van der Waals surface area contributed by atoms with E-state index in [9.17, 15) is 18.0 Å². The molecule has 31 heavy (non-hydrogen) atoms. The minimum atomic E-state index is -3.53. The highest BCUT2D eigenvalue weighted by atomic mass is 32.2. The summed E-state index contributed by atoms with van der Waals surface area (Å²) in [5.41, 5.74) is 1.14. The van der Waals surface area contributed by atoms with Gasteiger partial charge in [0, 0.05) is 30.8 Å². The summed E-state index contributed by atoms with van der Waals surface area (Å²) >= 11 is 1.17. The highest BCUT2D eigenvalue weighted by Crippen LogP contribution is 2.19. The van der Waals surface area contributed by atoms with Crippen LogP contribution in [0.1, 0.15) is 12.8 Å². The molecule has 1 amide bonds. The van der Waals surface area contributed by atoms with Crippen molar-refractivity contribution in [1.29, 1.82) is 0 Å². The van der Waals surface area contributed by atoms with Crippen molar-refractivity contribution >= 4 is 27.3 Å². The van der Waals surface area contributed by atoms with Crippen molar-refractivity contribution in [3.63, 3.8) is 0 Å². The number of carbonyl (C=O) groups is 1. The van der Waals surface area contributed by atoms with Gasteiger partial charge in [-0.25, -0.2) is 17.8 Å². The molecule has 1 aliphatic heterocycles. The van der Waals surface area contributed by atoms with Crippen LogP contribution in [0.2, 0.25) is 0 Å². The SMILES string of the molecule is O=C(Cn1nc(-c2ccccc2)ccc1=O)N1CCC(NS(=O)(=O)c2cccs2)CC1. The van der Waals surface area contributed by atoms with Gasteiger partial charge in [-0.05, 0) is 30.4 Å². The molecule has 1 aliphatic rings. The van der Waals surface area contributed by atoms with Crippen molar-refractivity contribution in [2.75, 3.05) is 13.1 Å². The number of nitrogens with one attached hydrogen (secondary N) is 1. The Morgan fingerprint density at radius 1 is 1.06 bits per heavy atom. The number of thiophene rings is 1. The molecule has 0 saturated carbocycles. The zero-order valence-corrected chi connectivity index (χ0v) is 18.3. The Labute approximate surface area is 184 Å². The van der Waals surface area contributed by atoms with Gasteiger partial charge in [-0.2, -0.15) is 5.10 Å². The average Bonchev–Trinajstić information content (AvgIpc) is 3.32. The normalized spacial score (nSPS) is 15.2. The van der Waals surface area contributed by atoms with Crippen molar-refractivity contribution < 1.29 is 13.2 Å². The number of amides is 1. The second-order valence-electron chi connectivity index (χ2n) is 7.29. The van der Waals surface area contributed by atoms with Gasteiger partial charge in [-0.3, -0.25) is 9.59 Å². The van der Waals surface area contributed by atoms with Gasteiger partial charge >= 0.3 is 0 Å². The number of sulfonamides is 1. The van der Waals surface area contributed by atoms with E-state index in [4.69, 9.17) is 0 Å². The Kier molecular flexibility index (Phi) is 6.30. The highest BCUT2D eigenvalue weighted by molar-refractivity contribution is 7.91. The number of aromatic nitrogens is 2. The topological polar surface area (TPSA) is 101 Å². The van der Waals surface area contributed by atoms with E-state index in [0.29, 0.717) is 31.6 Å². The lowest BCUT2D eigenvalue weighted by molar-refractivity contribution is -0.133. The fraction of sp³-hybridized carbons (Fsp3) is 0.286. The first-order valence-electron chi connectivity index (χ1n) is 9.89. The summed E-state index contributed by atoms with van der Waals surface area (Å²) in [6, 6.07) is 15.5. The fourth-order valence-electron chi connectivity index (χ4n) is 3.49. The molecule has 162 valence electrons. The molecule has 0 radical (unpaired) electrons. The quantitative estimate of drug-likeness (QED) is 0.608. The second kappa shape index (κ2) is 9.13. The van der Waals surface area contributed by atoms with Crippen LogP contribution < -0.4 is 10.3 Å². The number of hydrogen-bond acceptors (Lipinski definition) is 6. The van der Waals surface area contributed by atoms with Crippen molar-refractivity contribution in [2.45, 2.75) is 29.6 Å². The predicted octanol–water partition coefficient (Wildman–Crippen LogP) is 1.94. The van der Waals surface area contributed by atoms with Crippen LogP contribution in [-0.4, -0.2) is 48.1 Å². The summed E-state index contributed by atoms with van der Waals surface area (Å²) in [5, 5.41) is 6.06. The number of piperidine rings is 1. The Bertz CT molecular complexity index is 1200. The van der Waals surface area contributed by atoms with E-state index in [2.05, 4.69) is 9.82 Å². The van der Waals surface area contributed by atoms with Gasteiger partial charge in [0.05, 0.1) is 5.69 Å². The third kappa shape index (κ3) is 5.09. The molecule has 4 rings (SSSR count). The van der Waals surface area contributed by atoms with Crippen LogP contribution in [0, 0.1) is 0 Å². The minimum absolute atomic E-state index is 0.148. The molecule has 10 heteroatoms. The smallest absolute Gasteiger partial charge is 0.267 e. The van der Waals surface area contributed by atoms with Crippen molar-refractivity contribution in [1.82, 2.24) is 19.4 Å². The van der Waals surface area contributed by atoms with Crippen LogP contribution in [0.5, 0.6) is 0 Å². The molecule has 8 nitrogen and oxygen atoms in total. The Morgan fingerprint density at radius 3 is 2.48 bits per heavy atom. The lowest BCUT2D eigenvalue weighted by atomic mass is 10.1. The maximum atomic E-state index is 12.7. The zero-order valence-electron chi connectivity index (χ0n) is 16.7. The van der Waals surface area contributed by atoms with Gasteiger partial charge in [0.25, 0.3) is 5.56 Å². The molecule has 3 heterocycles. The molecular formula is C21H22N4O4S2. The minimum Gasteiger partial charge on any atom is -0.341 e. The molecule has 1 N–H and O–H groups in total. The number of benzene rings is 1. The molecule has 0 aliphatic carbocycles. The third-order valence-corrected chi connectivity index (χ3v) is 8.07. The van der Waals surface area contributed by atoms with E-state index in [0.717, 1.165) is 5.56 Å². The van der Waals surface area contributed by atoms with E-state index in [1.165, 1.54) is 22.1 Å². The van der Waals surface area contributed by atoms with Crippen LogP contribution >= 0.6 is 11.3 Å². The molecule has 0 bridgehead atoms. The average molecular weight is 459 g/mol.